The molecule has 4 rings (SSSR count). The Labute approximate surface area is 241 Å². The second-order valence-electron chi connectivity index (χ2n) is 9.20. The van der Waals surface area contributed by atoms with Gasteiger partial charge in [-0.15, -0.1) is 0 Å². The van der Waals surface area contributed by atoms with Gasteiger partial charge in [0.2, 0.25) is 0 Å². The van der Waals surface area contributed by atoms with Crippen molar-refractivity contribution in [2.24, 2.45) is 0 Å². The van der Waals surface area contributed by atoms with Crippen LogP contribution < -0.4 is 20.9 Å². The molecule has 10 heteroatoms. The fourth-order valence-electron chi connectivity index (χ4n) is 4.11. The molecule has 3 N–H and O–H groups in total. The molecule has 1 amide bonds. The first-order valence-corrected chi connectivity index (χ1v) is 13.3. The summed E-state index contributed by atoms with van der Waals surface area (Å²) in [6, 6.07) is 25.1. The Balaban J connectivity index is 1.50. The summed E-state index contributed by atoms with van der Waals surface area (Å²) in [6.45, 7) is 2.57. The van der Waals surface area contributed by atoms with Gasteiger partial charge in [0.05, 0.1) is 11.1 Å². The van der Waals surface area contributed by atoms with Gasteiger partial charge in [0.25, 0.3) is 5.91 Å². The lowest BCUT2D eigenvalue weighted by molar-refractivity contribution is -0.137. The highest BCUT2D eigenvalue weighted by Gasteiger charge is 2.32. The summed E-state index contributed by atoms with van der Waals surface area (Å²) >= 11 is 5.38. The Morgan fingerprint density at radius 1 is 0.780 bits per heavy atom. The molecule has 0 spiro atoms. The normalized spacial score (nSPS) is 11.0. The lowest BCUT2D eigenvalue weighted by Gasteiger charge is -2.27. The van der Waals surface area contributed by atoms with Crippen molar-refractivity contribution >= 4 is 51.7 Å². The third-order valence-electron chi connectivity index (χ3n) is 6.14. The number of alkyl halides is 3. The summed E-state index contributed by atoms with van der Waals surface area (Å²) in [7, 11) is 0. The molecule has 0 unspecified atom stereocenters. The van der Waals surface area contributed by atoms with Gasteiger partial charge >= 0.3 is 6.18 Å². The minimum absolute atomic E-state index is 0.0817. The second kappa shape index (κ2) is 13.3. The average Bonchev–Trinajstić information content (AvgIpc) is 2.94. The topological polar surface area (TPSA) is 56.4 Å². The van der Waals surface area contributed by atoms with Gasteiger partial charge in [-0.05, 0) is 85.4 Å². The molecule has 0 saturated heterocycles. The predicted molar refractivity (Wildman–Crippen MR) is 160 cm³/mol. The van der Waals surface area contributed by atoms with E-state index in [0.717, 1.165) is 30.7 Å². The van der Waals surface area contributed by atoms with Crippen molar-refractivity contribution in [1.29, 1.82) is 0 Å². The van der Waals surface area contributed by atoms with E-state index in [2.05, 4.69) is 16.0 Å². The van der Waals surface area contributed by atoms with Crippen LogP contribution in [0.1, 0.15) is 35.7 Å². The fraction of sp³-hybridized carbons (Fsp3) is 0.161. The van der Waals surface area contributed by atoms with Gasteiger partial charge in [-0.1, -0.05) is 43.7 Å². The second-order valence-corrected chi connectivity index (χ2v) is 9.61. The van der Waals surface area contributed by atoms with Crippen LogP contribution in [-0.2, 0) is 6.18 Å². The maximum atomic E-state index is 13.9. The number of rotatable bonds is 9. The number of carbonyl (C=O) groups is 1. The Morgan fingerprint density at radius 3 is 2.02 bits per heavy atom. The molecular weight excluding hydrogens is 552 g/mol. The van der Waals surface area contributed by atoms with E-state index >= 15 is 0 Å². The van der Waals surface area contributed by atoms with Crippen LogP contribution >= 0.6 is 12.2 Å². The highest BCUT2D eigenvalue weighted by molar-refractivity contribution is 7.80. The Morgan fingerprint density at radius 2 is 1.39 bits per heavy atom. The van der Waals surface area contributed by atoms with Gasteiger partial charge in [0, 0.05) is 35.0 Å². The first kappa shape index (κ1) is 29.5. The number of nitrogens with zero attached hydrogens (tertiary/aromatic N) is 1. The number of hydrogen-bond donors (Lipinski definition) is 3. The van der Waals surface area contributed by atoms with Crippen molar-refractivity contribution in [2.75, 3.05) is 27.4 Å². The van der Waals surface area contributed by atoms with Gasteiger partial charge in [0.15, 0.2) is 5.11 Å². The van der Waals surface area contributed by atoms with E-state index in [-0.39, 0.29) is 16.4 Å². The number of amides is 1. The van der Waals surface area contributed by atoms with Crippen LogP contribution in [0.5, 0.6) is 0 Å². The van der Waals surface area contributed by atoms with Gasteiger partial charge in [-0.25, -0.2) is 4.39 Å². The van der Waals surface area contributed by atoms with E-state index in [0.29, 0.717) is 23.6 Å². The number of unbranched alkanes of at least 4 members (excludes halogenated alkanes) is 1. The number of anilines is 5. The van der Waals surface area contributed by atoms with Crippen LogP contribution in [0.25, 0.3) is 0 Å². The average molecular weight is 581 g/mol. The SMILES string of the molecule is CCCCN(c1ccccc1)c1cc(NC(=S)Nc2ccc(NC(=O)c3ccccc3F)cc2)cc(C(F)(F)F)c1. The largest absolute Gasteiger partial charge is 0.416 e. The Kier molecular flexibility index (Phi) is 9.57. The molecule has 0 saturated carbocycles. The zero-order valence-corrected chi connectivity index (χ0v) is 23.0. The maximum Gasteiger partial charge on any atom is 0.416 e. The van der Waals surface area contributed by atoms with E-state index < -0.39 is 23.5 Å². The molecule has 0 aliphatic carbocycles. The summed E-state index contributed by atoms with van der Waals surface area (Å²) in [5.74, 6) is -1.22. The number of thiocarbonyl (C=S) groups is 1. The van der Waals surface area contributed by atoms with E-state index in [1.807, 2.05) is 42.2 Å². The number of benzene rings is 4. The molecular formula is C31H28F4N4OS. The van der Waals surface area contributed by atoms with Gasteiger partial charge < -0.3 is 20.9 Å². The van der Waals surface area contributed by atoms with Crippen molar-refractivity contribution in [2.45, 2.75) is 25.9 Å². The van der Waals surface area contributed by atoms with E-state index in [4.69, 9.17) is 12.2 Å². The molecule has 4 aromatic rings. The molecule has 41 heavy (non-hydrogen) atoms. The molecule has 0 aliphatic rings. The quantitative estimate of drug-likeness (QED) is 0.136. The number of hydrogen-bond acceptors (Lipinski definition) is 3. The lowest BCUT2D eigenvalue weighted by Crippen LogP contribution is -2.22. The number of para-hydroxylation sites is 1. The zero-order chi connectivity index (χ0) is 29.4. The first-order chi connectivity index (χ1) is 19.6. The standard InChI is InChI=1S/C31H28F4N4OS/c1-2-3-17-39(25-9-5-4-6-10-25)26-19-21(31(33,34)35)18-24(20-26)38-30(41)37-23-15-13-22(14-16-23)36-29(40)27-11-7-8-12-28(27)32/h4-16,18-20H,2-3,17H2,1H3,(H,36,40)(H2,37,38,41). The third-order valence-corrected chi connectivity index (χ3v) is 6.34. The first-order valence-electron chi connectivity index (χ1n) is 12.9. The van der Waals surface area contributed by atoms with Gasteiger partial charge in [0.1, 0.15) is 5.82 Å². The van der Waals surface area contributed by atoms with Crippen molar-refractivity contribution in [3.63, 3.8) is 0 Å². The lowest BCUT2D eigenvalue weighted by atomic mass is 10.1. The predicted octanol–water partition coefficient (Wildman–Crippen LogP) is 8.84. The third kappa shape index (κ3) is 8.04. The van der Waals surface area contributed by atoms with Crippen LogP contribution in [0, 0.1) is 5.82 Å². The minimum Gasteiger partial charge on any atom is -0.341 e. The summed E-state index contributed by atoms with van der Waals surface area (Å²) in [5.41, 5.74) is 1.44. The summed E-state index contributed by atoms with van der Waals surface area (Å²) in [6.07, 6.45) is -2.88. The molecule has 0 heterocycles. The van der Waals surface area contributed by atoms with Gasteiger partial charge in [-0.2, -0.15) is 13.2 Å². The highest BCUT2D eigenvalue weighted by atomic mass is 32.1. The summed E-state index contributed by atoms with van der Waals surface area (Å²) in [5, 5.41) is 8.50. The number of halogens is 4. The van der Waals surface area contributed by atoms with Crippen LogP contribution in [0.3, 0.4) is 0 Å². The van der Waals surface area contributed by atoms with Crippen LogP contribution in [0.4, 0.5) is 46.0 Å². The summed E-state index contributed by atoms with van der Waals surface area (Å²) in [4.78, 5) is 14.2. The molecule has 5 nitrogen and oxygen atoms in total. The Bertz CT molecular complexity index is 1490. The van der Waals surface area contributed by atoms with Crippen molar-refractivity contribution < 1.29 is 22.4 Å². The van der Waals surface area contributed by atoms with E-state index in [1.165, 1.54) is 18.2 Å². The molecule has 0 aromatic heterocycles. The van der Waals surface area contributed by atoms with Crippen molar-refractivity contribution in [3.8, 4) is 0 Å². The maximum absolute atomic E-state index is 13.9. The van der Waals surface area contributed by atoms with Crippen LogP contribution in [-0.4, -0.2) is 17.6 Å². The fourth-order valence-corrected chi connectivity index (χ4v) is 4.34. The molecule has 4 aromatic carbocycles. The molecule has 0 aliphatic heterocycles. The van der Waals surface area contributed by atoms with Crippen molar-refractivity contribution in [3.05, 3.63) is 114 Å². The van der Waals surface area contributed by atoms with E-state index in [9.17, 15) is 22.4 Å². The molecule has 0 radical (unpaired) electrons. The van der Waals surface area contributed by atoms with Crippen LogP contribution in [0.2, 0.25) is 0 Å². The van der Waals surface area contributed by atoms with Crippen LogP contribution in [0.15, 0.2) is 97.1 Å². The van der Waals surface area contributed by atoms with E-state index in [1.54, 1.807) is 36.4 Å². The van der Waals surface area contributed by atoms with Crippen molar-refractivity contribution in [1.82, 2.24) is 0 Å². The minimum atomic E-state index is -4.56. The molecule has 212 valence electrons. The molecule has 0 fully saturated rings. The Hall–Kier alpha value is -4.44. The van der Waals surface area contributed by atoms with Gasteiger partial charge in [-0.3, -0.25) is 4.79 Å². The number of carbonyl (C=O) groups excluding carboxylic acids is 1. The monoisotopic (exact) mass is 580 g/mol. The zero-order valence-electron chi connectivity index (χ0n) is 22.1. The highest BCUT2D eigenvalue weighted by Crippen LogP contribution is 2.37. The summed E-state index contributed by atoms with van der Waals surface area (Å²) < 4.78 is 55.5. The smallest absolute Gasteiger partial charge is 0.341 e. The number of nitrogens with one attached hydrogen (secondary N) is 3. The molecule has 0 bridgehead atoms. The molecule has 0 atom stereocenters.